The number of nitrogens with zero attached hydrogens (tertiary/aromatic N) is 2. The highest BCUT2D eigenvalue weighted by Gasteiger charge is 2.43. The molecule has 1 aromatic heterocycles. The second-order valence-corrected chi connectivity index (χ2v) is 7.73. The van der Waals surface area contributed by atoms with Crippen molar-refractivity contribution in [1.29, 1.82) is 0 Å². The minimum Gasteiger partial charge on any atom is -0.395 e. The van der Waals surface area contributed by atoms with Crippen LogP contribution in [-0.2, 0) is 6.54 Å². The molecule has 170 valence electrons. The predicted molar refractivity (Wildman–Crippen MR) is 115 cm³/mol. The van der Waals surface area contributed by atoms with E-state index < -0.39 is 17.9 Å². The van der Waals surface area contributed by atoms with E-state index >= 15 is 0 Å². The van der Waals surface area contributed by atoms with Crippen molar-refractivity contribution in [3.63, 3.8) is 0 Å². The van der Waals surface area contributed by atoms with Gasteiger partial charge in [0.25, 0.3) is 0 Å². The fraction of sp³-hybridized carbons (Fsp3) is 0.304. The van der Waals surface area contributed by atoms with Gasteiger partial charge < -0.3 is 9.47 Å². The second kappa shape index (κ2) is 9.73. The number of pyridine rings is 1. The van der Waals surface area contributed by atoms with E-state index in [0.717, 1.165) is 18.8 Å². The summed E-state index contributed by atoms with van der Waals surface area (Å²) in [5, 5.41) is 0.208. The highest BCUT2D eigenvalue weighted by atomic mass is 35.5. The van der Waals surface area contributed by atoms with Gasteiger partial charge in [-0.2, -0.15) is 0 Å². The van der Waals surface area contributed by atoms with Gasteiger partial charge in [-0.15, -0.1) is 8.78 Å². The molecule has 0 spiro atoms. The summed E-state index contributed by atoms with van der Waals surface area (Å²) in [6.07, 6.45) is 4.25. The Morgan fingerprint density at radius 1 is 1.16 bits per heavy atom. The van der Waals surface area contributed by atoms with E-state index in [9.17, 15) is 17.6 Å². The lowest BCUT2D eigenvalue weighted by Crippen LogP contribution is -2.25. The minimum absolute atomic E-state index is 0.119. The number of allylic oxidation sites excluding steroid dienone is 4. The van der Waals surface area contributed by atoms with Crippen LogP contribution < -0.4 is 9.47 Å². The van der Waals surface area contributed by atoms with E-state index in [1.54, 1.807) is 19.1 Å². The number of benzene rings is 1. The molecule has 1 aromatic carbocycles. The van der Waals surface area contributed by atoms with Gasteiger partial charge in [-0.1, -0.05) is 44.0 Å². The maximum absolute atomic E-state index is 13.7. The van der Waals surface area contributed by atoms with Crippen molar-refractivity contribution in [3.05, 3.63) is 70.5 Å². The fourth-order valence-corrected chi connectivity index (χ4v) is 3.17. The average molecular weight is 469 g/mol. The third kappa shape index (κ3) is 5.68. The number of hydrogen-bond acceptors (Lipinski definition) is 4. The van der Waals surface area contributed by atoms with Crippen molar-refractivity contribution in [2.45, 2.75) is 40.0 Å². The van der Waals surface area contributed by atoms with Crippen LogP contribution in [0.4, 0.5) is 17.6 Å². The summed E-state index contributed by atoms with van der Waals surface area (Å²) in [5.74, 6) is -1.64. The molecule has 4 nitrogen and oxygen atoms in total. The van der Waals surface area contributed by atoms with Crippen LogP contribution in [0.25, 0.3) is 5.57 Å². The van der Waals surface area contributed by atoms with Gasteiger partial charge in [0.2, 0.25) is 0 Å². The van der Waals surface area contributed by atoms with E-state index in [1.807, 2.05) is 19.9 Å². The number of halogens is 5. The highest BCUT2D eigenvalue weighted by molar-refractivity contribution is 6.32. The Hall–Kier alpha value is -2.87. The number of ether oxygens (including phenoxy) is 2. The van der Waals surface area contributed by atoms with Gasteiger partial charge in [0, 0.05) is 22.9 Å². The Bertz CT molecular complexity index is 1080. The molecule has 0 saturated carbocycles. The van der Waals surface area contributed by atoms with Gasteiger partial charge in [0.05, 0.1) is 24.0 Å². The first-order valence-electron chi connectivity index (χ1n) is 9.88. The molecule has 0 saturated heterocycles. The lowest BCUT2D eigenvalue weighted by molar-refractivity contribution is -0.286. The zero-order valence-electron chi connectivity index (χ0n) is 17.6. The number of aliphatic imine (C=N–C) groups is 1. The molecule has 1 atom stereocenters. The smallest absolute Gasteiger partial charge is 0.395 e. The number of fused-ring (bicyclic) bond motifs is 1. The van der Waals surface area contributed by atoms with Gasteiger partial charge in [0.1, 0.15) is 11.6 Å². The van der Waals surface area contributed by atoms with Crippen LogP contribution in [0.2, 0.25) is 5.02 Å². The number of alkyl halides is 2. The van der Waals surface area contributed by atoms with Crippen LogP contribution >= 0.6 is 11.6 Å². The summed E-state index contributed by atoms with van der Waals surface area (Å²) in [4.78, 5) is 7.64. The first-order chi connectivity index (χ1) is 15.1. The van der Waals surface area contributed by atoms with Crippen LogP contribution in [0.1, 0.15) is 38.3 Å². The van der Waals surface area contributed by atoms with Crippen molar-refractivity contribution in [2.75, 3.05) is 0 Å². The van der Waals surface area contributed by atoms with Crippen LogP contribution in [0.15, 0.2) is 47.7 Å². The molecule has 0 fully saturated rings. The van der Waals surface area contributed by atoms with Crippen LogP contribution in [-0.4, -0.2) is 17.0 Å². The normalized spacial score (nSPS) is 16.6. The Morgan fingerprint density at radius 3 is 2.41 bits per heavy atom. The van der Waals surface area contributed by atoms with Gasteiger partial charge in [-0.25, -0.2) is 8.78 Å². The molecule has 2 aromatic rings. The standard InChI is InChI=1S/C23H21ClF4N2O2/c1-4-13(2)7-15(16-8-21-22(9-18(16)24)32-23(27,28)31-21)6-5-14(3)30-10-17-19(25)11-29-12-20(17)26/h5-9,11-13H,4,10H2,1-3H3/b6-5-,15-7?,30-14?. The zero-order chi connectivity index (χ0) is 23.5. The minimum atomic E-state index is -3.75. The quantitative estimate of drug-likeness (QED) is 0.250. The van der Waals surface area contributed by atoms with Crippen LogP contribution in [0.5, 0.6) is 11.5 Å². The number of aromatic nitrogens is 1. The van der Waals surface area contributed by atoms with Crippen LogP contribution in [0, 0.1) is 17.6 Å². The van der Waals surface area contributed by atoms with E-state index in [-0.39, 0.29) is 34.5 Å². The molecule has 1 aliphatic rings. The van der Waals surface area contributed by atoms with Gasteiger partial charge in [-0.3, -0.25) is 9.98 Å². The average Bonchev–Trinajstić information content (AvgIpc) is 3.02. The number of rotatable bonds is 7. The largest absolute Gasteiger partial charge is 0.586 e. The molecule has 1 aliphatic heterocycles. The Kier molecular flexibility index (Phi) is 7.23. The van der Waals surface area contributed by atoms with E-state index in [0.29, 0.717) is 16.8 Å². The van der Waals surface area contributed by atoms with Crippen molar-refractivity contribution in [3.8, 4) is 11.5 Å². The predicted octanol–water partition coefficient (Wildman–Crippen LogP) is 6.98. The summed E-state index contributed by atoms with van der Waals surface area (Å²) in [6.45, 7) is 5.49. The first kappa shape index (κ1) is 23.8. The van der Waals surface area contributed by atoms with E-state index in [4.69, 9.17) is 11.6 Å². The molecule has 2 heterocycles. The molecule has 32 heavy (non-hydrogen) atoms. The van der Waals surface area contributed by atoms with Crippen molar-refractivity contribution in [1.82, 2.24) is 4.98 Å². The van der Waals surface area contributed by atoms with Crippen molar-refractivity contribution >= 4 is 22.9 Å². The molecule has 0 N–H and O–H groups in total. The maximum atomic E-state index is 13.7. The summed E-state index contributed by atoms with van der Waals surface area (Å²) in [7, 11) is 0. The summed E-state index contributed by atoms with van der Waals surface area (Å²) < 4.78 is 63.3. The molecule has 0 aliphatic carbocycles. The fourth-order valence-electron chi connectivity index (χ4n) is 2.91. The highest BCUT2D eigenvalue weighted by Crippen LogP contribution is 2.45. The molecular formula is C23H21ClF4N2O2. The lowest BCUT2D eigenvalue weighted by atomic mass is 9.98. The Balaban J connectivity index is 1.89. The third-order valence-electron chi connectivity index (χ3n) is 4.85. The molecule has 0 amide bonds. The molecule has 1 unspecified atom stereocenters. The van der Waals surface area contributed by atoms with Gasteiger partial charge >= 0.3 is 6.29 Å². The summed E-state index contributed by atoms with van der Waals surface area (Å²) >= 11 is 6.34. The lowest BCUT2D eigenvalue weighted by Gasteiger charge is -2.10. The van der Waals surface area contributed by atoms with E-state index in [2.05, 4.69) is 19.5 Å². The topological polar surface area (TPSA) is 43.7 Å². The number of hydrogen-bond donors (Lipinski definition) is 0. The van der Waals surface area contributed by atoms with E-state index in [1.165, 1.54) is 12.1 Å². The Labute approximate surface area is 188 Å². The SMILES string of the molecule is CCC(C)C=C(/C=C\C(C)=NCc1c(F)cncc1F)c1cc2c(cc1Cl)OC(F)(F)O2. The van der Waals surface area contributed by atoms with Crippen molar-refractivity contribution in [2.24, 2.45) is 10.9 Å². The summed E-state index contributed by atoms with van der Waals surface area (Å²) in [6, 6.07) is 2.67. The molecule has 0 radical (unpaired) electrons. The molecule has 0 bridgehead atoms. The zero-order valence-corrected chi connectivity index (χ0v) is 18.4. The third-order valence-corrected chi connectivity index (χ3v) is 5.17. The second-order valence-electron chi connectivity index (χ2n) is 7.33. The van der Waals surface area contributed by atoms with Crippen molar-refractivity contribution < 1.29 is 27.0 Å². The first-order valence-corrected chi connectivity index (χ1v) is 10.3. The summed E-state index contributed by atoms with van der Waals surface area (Å²) in [5.41, 5.74) is 1.45. The van der Waals surface area contributed by atoms with Crippen LogP contribution in [0.3, 0.4) is 0 Å². The van der Waals surface area contributed by atoms with Gasteiger partial charge in [-0.05, 0) is 30.6 Å². The molecular weight excluding hydrogens is 448 g/mol. The molecule has 3 rings (SSSR count). The molecule has 9 heteroatoms. The van der Waals surface area contributed by atoms with Gasteiger partial charge in [0.15, 0.2) is 11.5 Å². The maximum Gasteiger partial charge on any atom is 0.586 e. The monoisotopic (exact) mass is 468 g/mol. The Morgan fingerprint density at radius 2 is 1.78 bits per heavy atom.